The lowest BCUT2D eigenvalue weighted by Gasteiger charge is -2.28. The molecule has 196 valence electrons. The largest absolute Gasteiger partial charge is 0.350 e. The fourth-order valence-electron chi connectivity index (χ4n) is 5.75. The molecule has 2 atom stereocenters. The van der Waals surface area contributed by atoms with Gasteiger partial charge in [0.2, 0.25) is 5.91 Å². The highest BCUT2D eigenvalue weighted by Crippen LogP contribution is 2.54. The number of carbonyl (C=O) groups excluding carboxylic acids is 2. The molecule has 1 saturated heterocycles. The van der Waals surface area contributed by atoms with Crippen molar-refractivity contribution in [3.63, 3.8) is 0 Å². The molecule has 1 unspecified atom stereocenters. The number of hydrogen-bond donors (Lipinski definition) is 2. The summed E-state index contributed by atoms with van der Waals surface area (Å²) < 4.78 is 31.0. The van der Waals surface area contributed by atoms with Gasteiger partial charge in [0.1, 0.15) is 5.69 Å². The van der Waals surface area contributed by atoms with Crippen LogP contribution in [0, 0.1) is 23.7 Å². The summed E-state index contributed by atoms with van der Waals surface area (Å²) in [5.74, 6) is -2.86. The first-order valence-electron chi connectivity index (χ1n) is 13.1. The summed E-state index contributed by atoms with van der Waals surface area (Å²) in [6.45, 7) is 1.93. The van der Waals surface area contributed by atoms with Crippen molar-refractivity contribution in [2.45, 2.75) is 64.0 Å². The number of aryl methyl sites for hydroxylation is 1. The molecule has 2 saturated carbocycles. The smallest absolute Gasteiger partial charge is 0.270 e. The van der Waals surface area contributed by atoms with Crippen molar-refractivity contribution < 1.29 is 18.4 Å². The Hall–Kier alpha value is -3.37. The number of imidazole rings is 1. The van der Waals surface area contributed by atoms with Gasteiger partial charge in [0, 0.05) is 31.5 Å². The van der Waals surface area contributed by atoms with Gasteiger partial charge in [0.25, 0.3) is 11.8 Å². The third-order valence-electron chi connectivity index (χ3n) is 7.86. The Morgan fingerprint density at radius 3 is 2.68 bits per heavy atom. The molecule has 0 radical (unpaired) electrons. The second-order valence-electron chi connectivity index (χ2n) is 10.7. The normalized spacial score (nSPS) is 22.3. The Balaban J connectivity index is 1.28. The number of halogens is 2. The van der Waals surface area contributed by atoms with Crippen molar-refractivity contribution in [3.05, 3.63) is 47.7 Å². The molecule has 37 heavy (non-hydrogen) atoms. The SMILES string of the molecule is CCn1nccc1C(=O)N[C@H](c1cn2nc(CC3CC(F)(F)CNC3=O)ccc2n1)C(C1CC1)C1CC1. The summed E-state index contributed by atoms with van der Waals surface area (Å²) in [7, 11) is 0. The van der Waals surface area contributed by atoms with Crippen LogP contribution in [0.2, 0.25) is 0 Å². The molecule has 1 aliphatic heterocycles. The van der Waals surface area contributed by atoms with Crippen LogP contribution in [0.4, 0.5) is 8.78 Å². The van der Waals surface area contributed by atoms with E-state index in [0.29, 0.717) is 41.3 Å². The van der Waals surface area contributed by atoms with Crippen LogP contribution in [0.25, 0.3) is 5.65 Å². The van der Waals surface area contributed by atoms with Gasteiger partial charge in [-0.1, -0.05) is 0 Å². The van der Waals surface area contributed by atoms with Crippen LogP contribution in [-0.4, -0.2) is 48.7 Å². The number of rotatable bonds is 9. The Morgan fingerprint density at radius 2 is 1.97 bits per heavy atom. The summed E-state index contributed by atoms with van der Waals surface area (Å²) >= 11 is 0. The zero-order valence-corrected chi connectivity index (χ0v) is 20.7. The first-order chi connectivity index (χ1) is 17.8. The van der Waals surface area contributed by atoms with Crippen molar-refractivity contribution in [1.82, 2.24) is 35.0 Å². The Kier molecular flexibility index (Phi) is 5.95. The van der Waals surface area contributed by atoms with E-state index in [9.17, 15) is 18.4 Å². The van der Waals surface area contributed by atoms with Gasteiger partial charge in [-0.3, -0.25) is 14.3 Å². The van der Waals surface area contributed by atoms with E-state index in [0.717, 1.165) is 31.4 Å². The molecule has 4 heterocycles. The number of amides is 2. The zero-order valence-electron chi connectivity index (χ0n) is 20.7. The molecule has 2 N–H and O–H groups in total. The quantitative estimate of drug-likeness (QED) is 0.459. The molecule has 2 aliphatic carbocycles. The van der Waals surface area contributed by atoms with E-state index < -0.39 is 24.8 Å². The molecule has 0 aromatic carbocycles. The van der Waals surface area contributed by atoms with Crippen LogP contribution in [0.1, 0.15) is 66.9 Å². The minimum Gasteiger partial charge on any atom is -0.350 e. The predicted octanol–water partition coefficient (Wildman–Crippen LogP) is 3.17. The van der Waals surface area contributed by atoms with Crippen molar-refractivity contribution >= 4 is 17.5 Å². The topological polar surface area (TPSA) is 106 Å². The first kappa shape index (κ1) is 24.0. The Morgan fingerprint density at radius 1 is 1.22 bits per heavy atom. The maximum absolute atomic E-state index is 13.9. The van der Waals surface area contributed by atoms with E-state index in [1.807, 2.05) is 13.1 Å². The molecule has 9 nitrogen and oxygen atoms in total. The maximum Gasteiger partial charge on any atom is 0.270 e. The van der Waals surface area contributed by atoms with Crippen LogP contribution < -0.4 is 10.6 Å². The van der Waals surface area contributed by atoms with E-state index >= 15 is 0 Å². The van der Waals surface area contributed by atoms with E-state index in [1.165, 1.54) is 0 Å². The van der Waals surface area contributed by atoms with Crippen LogP contribution >= 0.6 is 0 Å². The number of fused-ring (bicyclic) bond motifs is 1. The number of hydrogen-bond acceptors (Lipinski definition) is 5. The first-order valence-corrected chi connectivity index (χ1v) is 13.1. The monoisotopic (exact) mass is 511 g/mol. The third kappa shape index (κ3) is 4.95. The van der Waals surface area contributed by atoms with Gasteiger partial charge < -0.3 is 10.6 Å². The predicted molar refractivity (Wildman–Crippen MR) is 130 cm³/mol. The van der Waals surface area contributed by atoms with Crippen molar-refractivity contribution in [2.24, 2.45) is 23.7 Å². The average molecular weight is 512 g/mol. The van der Waals surface area contributed by atoms with E-state index in [1.54, 1.807) is 33.6 Å². The van der Waals surface area contributed by atoms with Crippen LogP contribution in [0.15, 0.2) is 30.6 Å². The number of nitrogens with one attached hydrogen (secondary N) is 2. The molecule has 3 fully saturated rings. The zero-order chi connectivity index (χ0) is 25.7. The van der Waals surface area contributed by atoms with Crippen LogP contribution in [-0.2, 0) is 17.8 Å². The van der Waals surface area contributed by atoms with E-state index in [2.05, 4.69) is 20.8 Å². The van der Waals surface area contributed by atoms with Gasteiger partial charge in [-0.2, -0.15) is 10.2 Å². The molecular formula is C26H31F2N7O2. The van der Waals surface area contributed by atoms with E-state index in [-0.39, 0.29) is 24.3 Å². The standard InChI is InChI=1S/C26H31F2N7O2/c1-2-34-20(9-10-30-34)25(37)32-23(22(15-3-4-15)16-5-6-16)19-13-35-21(31-19)8-7-18(33-35)11-17-12-26(27,28)14-29-24(17)36/h7-10,13,15-17,22-23H,2-6,11-12,14H2,1H3,(H,29,36)(H,32,37)/t17?,23-/m1/s1. The Bertz CT molecular complexity index is 1320. The molecule has 3 aromatic heterocycles. The maximum atomic E-state index is 13.9. The van der Waals surface area contributed by atoms with Crippen LogP contribution in [0.3, 0.4) is 0 Å². The fourth-order valence-corrected chi connectivity index (χ4v) is 5.75. The minimum absolute atomic E-state index is 0.124. The second-order valence-corrected chi connectivity index (χ2v) is 10.7. The highest BCUT2D eigenvalue weighted by atomic mass is 19.3. The van der Waals surface area contributed by atoms with E-state index in [4.69, 9.17) is 4.98 Å². The highest BCUT2D eigenvalue weighted by molar-refractivity contribution is 5.92. The molecular weight excluding hydrogens is 480 g/mol. The molecule has 11 heteroatoms. The molecule has 2 amide bonds. The molecule has 0 spiro atoms. The van der Waals surface area contributed by atoms with Gasteiger partial charge in [0.15, 0.2) is 5.65 Å². The summed E-state index contributed by atoms with van der Waals surface area (Å²) in [6, 6.07) is 4.99. The lowest BCUT2D eigenvalue weighted by molar-refractivity contribution is -0.136. The summed E-state index contributed by atoms with van der Waals surface area (Å²) in [5, 5.41) is 14.4. The number of nitrogens with zero attached hydrogens (tertiary/aromatic N) is 5. The number of carbonyl (C=O) groups is 2. The molecule has 3 aliphatic rings. The number of piperidine rings is 1. The van der Waals surface area contributed by atoms with Crippen LogP contribution in [0.5, 0.6) is 0 Å². The third-order valence-corrected chi connectivity index (χ3v) is 7.86. The highest BCUT2D eigenvalue weighted by Gasteiger charge is 2.47. The van der Waals surface area contributed by atoms with Gasteiger partial charge in [-0.25, -0.2) is 18.3 Å². The molecule has 0 bridgehead atoms. The van der Waals surface area contributed by atoms with Gasteiger partial charge >= 0.3 is 0 Å². The van der Waals surface area contributed by atoms with Gasteiger partial charge in [0.05, 0.1) is 30.2 Å². The average Bonchev–Trinajstić information content (AvgIpc) is 3.79. The Labute approximate surface area is 213 Å². The lowest BCUT2D eigenvalue weighted by atomic mass is 9.87. The van der Waals surface area contributed by atoms with Gasteiger partial charge in [-0.05, 0) is 68.6 Å². The molecule has 6 rings (SSSR count). The van der Waals surface area contributed by atoms with Gasteiger partial charge in [-0.15, -0.1) is 0 Å². The summed E-state index contributed by atoms with van der Waals surface area (Å²) in [6.07, 6.45) is 7.72. The number of aromatic nitrogens is 5. The fraction of sp³-hybridized carbons (Fsp3) is 0.577. The van der Waals surface area contributed by atoms with Crippen molar-refractivity contribution in [3.8, 4) is 0 Å². The lowest BCUT2D eigenvalue weighted by Crippen LogP contribution is -2.48. The second kappa shape index (κ2) is 9.18. The minimum atomic E-state index is -2.91. The van der Waals surface area contributed by atoms with Crippen molar-refractivity contribution in [2.75, 3.05) is 6.54 Å². The van der Waals surface area contributed by atoms with Crippen molar-refractivity contribution in [1.29, 1.82) is 0 Å². The summed E-state index contributed by atoms with van der Waals surface area (Å²) in [5.41, 5.74) is 2.42. The number of alkyl halides is 2. The summed E-state index contributed by atoms with van der Waals surface area (Å²) in [4.78, 5) is 30.3. The molecule has 3 aromatic rings.